The third kappa shape index (κ3) is 9.92. The minimum atomic E-state index is -0.416. The van der Waals surface area contributed by atoms with E-state index in [1.807, 2.05) is 30.3 Å². The molecule has 1 heterocycles. The Morgan fingerprint density at radius 3 is 2.24 bits per heavy atom. The van der Waals surface area contributed by atoms with Gasteiger partial charge in [0.05, 0.1) is 18.4 Å². The van der Waals surface area contributed by atoms with Crippen molar-refractivity contribution in [2.24, 2.45) is 5.10 Å². The smallest absolute Gasteiger partial charge is 0.259 e. The summed E-state index contributed by atoms with van der Waals surface area (Å²) in [4.78, 5) is 24.2. The van der Waals surface area contributed by atoms with Crippen LogP contribution in [-0.4, -0.2) is 34.4 Å². The summed E-state index contributed by atoms with van der Waals surface area (Å²) in [6.07, 6.45) is 14.4. The SMILES string of the molecule is CCCCCCCCCCCC(=O)NCC(=O)N/N=C\c1cn(-c2ccccc2)nc1-c1ccc(F)cc1. The van der Waals surface area contributed by atoms with Crippen molar-refractivity contribution in [3.8, 4) is 16.9 Å². The van der Waals surface area contributed by atoms with Crippen molar-refractivity contribution >= 4 is 18.0 Å². The molecule has 0 aliphatic carbocycles. The lowest BCUT2D eigenvalue weighted by Crippen LogP contribution is -2.34. The molecule has 0 fully saturated rings. The number of rotatable bonds is 16. The van der Waals surface area contributed by atoms with Crippen LogP contribution in [0.5, 0.6) is 0 Å². The van der Waals surface area contributed by atoms with Gasteiger partial charge in [0, 0.05) is 23.7 Å². The predicted molar refractivity (Wildman–Crippen MR) is 150 cm³/mol. The molecule has 38 heavy (non-hydrogen) atoms. The first kappa shape index (κ1) is 28.8. The molecule has 1 aromatic heterocycles. The average Bonchev–Trinajstić information content (AvgIpc) is 3.36. The van der Waals surface area contributed by atoms with Gasteiger partial charge in [0.1, 0.15) is 11.5 Å². The number of benzene rings is 2. The number of amides is 2. The molecule has 2 amide bonds. The van der Waals surface area contributed by atoms with Crippen molar-refractivity contribution in [1.82, 2.24) is 20.5 Å². The Kier molecular flexibility index (Phi) is 12.2. The third-order valence-electron chi connectivity index (χ3n) is 6.23. The zero-order valence-corrected chi connectivity index (χ0v) is 22.2. The van der Waals surface area contributed by atoms with Gasteiger partial charge in [0.15, 0.2) is 0 Å². The second kappa shape index (κ2) is 16.1. The van der Waals surface area contributed by atoms with Crippen LogP contribution < -0.4 is 10.7 Å². The Labute approximate surface area is 224 Å². The lowest BCUT2D eigenvalue weighted by atomic mass is 10.1. The van der Waals surface area contributed by atoms with E-state index < -0.39 is 5.91 Å². The molecule has 3 aromatic rings. The Bertz CT molecular complexity index is 1160. The largest absolute Gasteiger partial charge is 0.347 e. The molecular formula is C30H38FN5O2. The van der Waals surface area contributed by atoms with E-state index in [1.54, 1.807) is 23.0 Å². The molecule has 3 rings (SSSR count). The minimum absolute atomic E-state index is 0.130. The normalized spacial score (nSPS) is 11.1. The van der Waals surface area contributed by atoms with Crippen LogP contribution in [0.15, 0.2) is 65.9 Å². The molecule has 0 aliphatic heterocycles. The van der Waals surface area contributed by atoms with Crippen molar-refractivity contribution in [1.29, 1.82) is 0 Å². The highest BCUT2D eigenvalue weighted by Crippen LogP contribution is 2.23. The second-order valence-corrected chi connectivity index (χ2v) is 9.37. The van der Waals surface area contributed by atoms with Gasteiger partial charge in [0.25, 0.3) is 5.91 Å². The van der Waals surface area contributed by atoms with Crippen LogP contribution in [0.4, 0.5) is 4.39 Å². The summed E-state index contributed by atoms with van der Waals surface area (Å²) < 4.78 is 15.1. The van der Waals surface area contributed by atoms with Crippen molar-refractivity contribution in [3.05, 3.63) is 72.2 Å². The van der Waals surface area contributed by atoms with E-state index >= 15 is 0 Å². The first-order chi connectivity index (χ1) is 18.6. The highest BCUT2D eigenvalue weighted by atomic mass is 19.1. The fourth-order valence-electron chi connectivity index (χ4n) is 4.10. The lowest BCUT2D eigenvalue weighted by Gasteiger charge is -2.05. The van der Waals surface area contributed by atoms with Crippen LogP contribution >= 0.6 is 0 Å². The first-order valence-corrected chi connectivity index (χ1v) is 13.6. The van der Waals surface area contributed by atoms with Crippen molar-refractivity contribution in [2.75, 3.05) is 6.54 Å². The molecule has 0 unspecified atom stereocenters. The summed E-state index contributed by atoms with van der Waals surface area (Å²) in [5, 5.41) is 11.3. The van der Waals surface area contributed by atoms with Crippen molar-refractivity contribution in [2.45, 2.75) is 71.1 Å². The summed E-state index contributed by atoms with van der Waals surface area (Å²) in [7, 11) is 0. The summed E-state index contributed by atoms with van der Waals surface area (Å²) in [5.74, 6) is -0.881. The Morgan fingerprint density at radius 1 is 0.895 bits per heavy atom. The van der Waals surface area contributed by atoms with E-state index in [-0.39, 0.29) is 18.3 Å². The summed E-state index contributed by atoms with van der Waals surface area (Å²) in [6.45, 7) is 2.08. The molecule has 0 saturated carbocycles. The van der Waals surface area contributed by atoms with Gasteiger partial charge in [0.2, 0.25) is 5.91 Å². The maximum absolute atomic E-state index is 13.4. The van der Waals surface area contributed by atoms with E-state index in [0.29, 0.717) is 17.7 Å². The zero-order chi connectivity index (χ0) is 27.0. The van der Waals surface area contributed by atoms with Crippen molar-refractivity contribution in [3.63, 3.8) is 0 Å². The maximum atomic E-state index is 13.4. The fraction of sp³-hybridized carbons (Fsp3) is 0.400. The van der Waals surface area contributed by atoms with Gasteiger partial charge in [-0.05, 0) is 42.8 Å². The monoisotopic (exact) mass is 519 g/mol. The molecule has 202 valence electrons. The molecule has 0 aliphatic rings. The zero-order valence-electron chi connectivity index (χ0n) is 22.2. The Morgan fingerprint density at radius 2 is 1.55 bits per heavy atom. The van der Waals surface area contributed by atoms with Gasteiger partial charge in [-0.3, -0.25) is 9.59 Å². The molecule has 7 nitrogen and oxygen atoms in total. The number of halogens is 1. The number of nitrogens with one attached hydrogen (secondary N) is 2. The molecule has 0 saturated heterocycles. The molecule has 0 spiro atoms. The van der Waals surface area contributed by atoms with Crippen LogP contribution in [0.2, 0.25) is 0 Å². The number of carbonyl (C=O) groups is 2. The van der Waals surface area contributed by atoms with Gasteiger partial charge in [-0.15, -0.1) is 0 Å². The van der Waals surface area contributed by atoms with Gasteiger partial charge in [-0.1, -0.05) is 76.5 Å². The predicted octanol–water partition coefficient (Wildman–Crippen LogP) is 6.17. The van der Waals surface area contributed by atoms with E-state index in [4.69, 9.17) is 0 Å². The second-order valence-electron chi connectivity index (χ2n) is 9.37. The molecule has 0 radical (unpaired) electrons. The minimum Gasteiger partial charge on any atom is -0.347 e. The number of hydrazone groups is 1. The van der Waals surface area contributed by atoms with Gasteiger partial charge in [-0.2, -0.15) is 10.2 Å². The Balaban J connectivity index is 1.44. The Hall–Kier alpha value is -3.81. The molecule has 2 N–H and O–H groups in total. The number of unbranched alkanes of at least 4 members (excludes halogenated alkanes) is 8. The van der Waals surface area contributed by atoms with Crippen molar-refractivity contribution < 1.29 is 14.0 Å². The number of para-hydroxylation sites is 1. The fourth-order valence-corrected chi connectivity index (χ4v) is 4.10. The number of aromatic nitrogens is 2. The molecular weight excluding hydrogens is 481 g/mol. The summed E-state index contributed by atoms with van der Waals surface area (Å²) >= 11 is 0. The highest BCUT2D eigenvalue weighted by molar-refractivity contribution is 5.90. The highest BCUT2D eigenvalue weighted by Gasteiger charge is 2.12. The van der Waals surface area contributed by atoms with Gasteiger partial charge in [-0.25, -0.2) is 14.5 Å². The molecule has 2 aromatic carbocycles. The van der Waals surface area contributed by atoms with Gasteiger partial charge < -0.3 is 5.32 Å². The molecule has 8 heteroatoms. The van der Waals surface area contributed by atoms with Crippen LogP contribution in [0.1, 0.15) is 76.7 Å². The van der Waals surface area contributed by atoms with Crippen LogP contribution in [0.25, 0.3) is 16.9 Å². The number of hydrogen-bond acceptors (Lipinski definition) is 4. The first-order valence-electron chi connectivity index (χ1n) is 13.6. The average molecular weight is 520 g/mol. The van der Waals surface area contributed by atoms with Crippen LogP contribution in [0.3, 0.4) is 0 Å². The van der Waals surface area contributed by atoms with E-state index in [9.17, 15) is 14.0 Å². The quantitative estimate of drug-likeness (QED) is 0.135. The molecule has 0 bridgehead atoms. The summed E-state index contributed by atoms with van der Waals surface area (Å²) in [6, 6.07) is 15.6. The number of nitrogens with zero attached hydrogens (tertiary/aromatic N) is 3. The van der Waals surface area contributed by atoms with Gasteiger partial charge >= 0.3 is 0 Å². The van der Waals surface area contributed by atoms with Crippen LogP contribution in [0, 0.1) is 5.82 Å². The third-order valence-corrected chi connectivity index (χ3v) is 6.23. The number of carbonyl (C=O) groups excluding carboxylic acids is 2. The van der Waals surface area contributed by atoms with E-state index in [2.05, 4.69) is 27.9 Å². The lowest BCUT2D eigenvalue weighted by molar-refractivity contribution is -0.126. The summed E-state index contributed by atoms with van der Waals surface area (Å²) in [5.41, 5.74) is 5.27. The van der Waals surface area contributed by atoms with E-state index in [0.717, 1.165) is 30.5 Å². The topological polar surface area (TPSA) is 88.4 Å². The van der Waals surface area contributed by atoms with E-state index in [1.165, 1.54) is 56.9 Å². The molecule has 0 atom stereocenters. The number of hydrogen-bond donors (Lipinski definition) is 2. The standard InChI is InChI=1S/C30H38FN5O2/c1-2-3-4-5-6-7-8-9-13-16-28(37)32-22-29(38)34-33-21-25-23-36(27-14-11-10-12-15-27)35-30(25)24-17-19-26(31)20-18-24/h10-12,14-15,17-21,23H,2-9,13,16,22H2,1H3,(H,32,37)(H,34,38)/b33-21-. The maximum Gasteiger partial charge on any atom is 0.259 e. The van der Waals surface area contributed by atoms with Crippen LogP contribution in [-0.2, 0) is 9.59 Å².